The highest BCUT2D eigenvalue weighted by atomic mass is 16.3. The van der Waals surface area contributed by atoms with Gasteiger partial charge in [-0.15, -0.1) is 0 Å². The van der Waals surface area contributed by atoms with Crippen LogP contribution in [-0.2, 0) is 61.1 Å². The monoisotopic (exact) mass is 1140 g/mol. The maximum absolute atomic E-state index is 15.0. The molecule has 18 heteroatoms. The van der Waals surface area contributed by atoms with Crippen molar-refractivity contribution in [2.75, 3.05) is 25.5 Å². The third-order valence-corrected chi connectivity index (χ3v) is 17.4. The number of fused-ring (bicyclic) bond motifs is 3. The summed E-state index contributed by atoms with van der Waals surface area (Å²) in [5, 5.41) is 32.8. The Labute approximate surface area is 490 Å². The molecule has 10 atom stereocenters. The predicted octanol–water partition coefficient (Wildman–Crippen LogP) is 5.65. The van der Waals surface area contributed by atoms with E-state index in [2.05, 4.69) is 55.4 Å². The van der Waals surface area contributed by atoms with Crippen LogP contribution in [0.15, 0.2) is 91.0 Å². The first-order chi connectivity index (χ1) is 39.4. The minimum absolute atomic E-state index is 0.0570. The Hall–Kier alpha value is -6.99. The summed E-state index contributed by atoms with van der Waals surface area (Å²) < 4.78 is 0. The molecule has 4 aromatic carbocycles. The van der Waals surface area contributed by atoms with Gasteiger partial charge in [-0.2, -0.15) is 0 Å². The third-order valence-electron chi connectivity index (χ3n) is 17.4. The van der Waals surface area contributed by atoms with Crippen molar-refractivity contribution in [3.8, 4) is 0 Å². The van der Waals surface area contributed by atoms with Gasteiger partial charge in [0.25, 0.3) is 5.91 Å². The molecule has 446 valence electrons. The average molecular weight is 1140 g/mol. The fourth-order valence-electron chi connectivity index (χ4n) is 12.1. The molecule has 0 bridgehead atoms. The molecule has 5 unspecified atom stereocenters. The van der Waals surface area contributed by atoms with Gasteiger partial charge in [0, 0.05) is 49.8 Å². The smallest absolute Gasteiger partial charge is 0.251 e. The largest absolute Gasteiger partial charge is 0.377 e. The SMILES string of the molecule is CN[C@@H](C)C(=O)NC(C(=O)N1Cc2cc(N(Cc3ccc(C(=O)NC4C[C@@H](C(=O)N[C@@H]5CCCc6ccccc65)N(C(=O)[C@@H](NC(O)[C@H](C)NC)C(C)(C)C)C4)cc3)C(C)=O)ccc2CC1C(=O)NC1CCCc2ccccc21)C(C)(C)C. The van der Waals surface area contributed by atoms with Gasteiger partial charge >= 0.3 is 0 Å². The molecule has 2 heterocycles. The molecule has 0 aromatic heterocycles. The molecule has 8 rings (SSSR count). The van der Waals surface area contributed by atoms with Gasteiger partial charge in [-0.1, -0.05) is 108 Å². The molecular formula is C65H88N10O8. The lowest BCUT2D eigenvalue weighted by molar-refractivity contribution is -0.147. The molecule has 4 aromatic rings. The summed E-state index contributed by atoms with van der Waals surface area (Å²) in [6.45, 7) is 16.7. The Morgan fingerprint density at radius 2 is 1.23 bits per heavy atom. The maximum Gasteiger partial charge on any atom is 0.251 e. The topological polar surface area (TPSA) is 234 Å². The number of benzene rings is 4. The summed E-state index contributed by atoms with van der Waals surface area (Å²) >= 11 is 0. The number of rotatable bonds is 18. The standard InChI is InChI=1S/C65H88N10O8/c1-38(66-10)57(77)71-55(64(4,5)6)62(82)74-36-46-32-48(31-30-45(46)33-53(74)60(80)69-51-24-16-20-42-18-12-14-22-49(42)51)73(40(3)76)35-41-26-28-44(29-27-41)59(79)68-47-34-54(61(81)70-52-25-17-21-43-19-13-15-23-50(43)52)75(37-47)63(83)56(65(7,8)9)72-58(78)39(2)67-11/h12-15,18-19,22-23,26-32,38-39,47,51-56,58,66-67,72,78H,16-17,20-21,24-25,33-37H2,1-11H3,(H,68,79)(H,69,80)(H,70,81)(H,71,77)/t38-,39-,47?,51?,52+,53?,54-,55?,56+,58?/m0/s1. The van der Waals surface area contributed by atoms with Crippen molar-refractivity contribution in [2.24, 2.45) is 10.8 Å². The minimum atomic E-state index is -1.06. The van der Waals surface area contributed by atoms with Gasteiger partial charge in [-0.3, -0.25) is 38.9 Å². The van der Waals surface area contributed by atoms with Gasteiger partial charge in [-0.25, -0.2) is 0 Å². The molecule has 83 heavy (non-hydrogen) atoms. The van der Waals surface area contributed by atoms with Gasteiger partial charge < -0.3 is 51.7 Å². The molecule has 0 spiro atoms. The molecule has 2 aliphatic carbocycles. The van der Waals surface area contributed by atoms with E-state index in [1.807, 2.05) is 90.1 Å². The highest BCUT2D eigenvalue weighted by Crippen LogP contribution is 2.36. The number of hydrogen-bond donors (Lipinski definition) is 8. The van der Waals surface area contributed by atoms with Crippen molar-refractivity contribution in [3.63, 3.8) is 0 Å². The zero-order valence-electron chi connectivity index (χ0n) is 50.4. The van der Waals surface area contributed by atoms with Crippen molar-refractivity contribution in [1.29, 1.82) is 0 Å². The summed E-state index contributed by atoms with van der Waals surface area (Å²) in [7, 11) is 3.40. The second kappa shape index (κ2) is 26.3. The lowest BCUT2D eigenvalue weighted by Crippen LogP contribution is -2.62. The van der Waals surface area contributed by atoms with E-state index in [1.165, 1.54) is 18.1 Å². The molecule has 0 radical (unpaired) electrons. The van der Waals surface area contributed by atoms with Crippen LogP contribution in [0, 0.1) is 10.8 Å². The van der Waals surface area contributed by atoms with Gasteiger partial charge in [0.1, 0.15) is 24.4 Å². The van der Waals surface area contributed by atoms with Gasteiger partial charge in [0.05, 0.1) is 30.7 Å². The number of anilines is 1. The number of nitrogens with one attached hydrogen (secondary N) is 7. The van der Waals surface area contributed by atoms with E-state index in [0.29, 0.717) is 11.3 Å². The van der Waals surface area contributed by atoms with E-state index in [4.69, 9.17) is 0 Å². The number of nitrogens with zero attached hydrogens (tertiary/aromatic N) is 3. The van der Waals surface area contributed by atoms with Crippen LogP contribution in [0.3, 0.4) is 0 Å². The number of likely N-dealkylation sites (tertiary alicyclic amines) is 1. The van der Waals surface area contributed by atoms with Crippen LogP contribution >= 0.6 is 0 Å². The molecular weight excluding hydrogens is 1050 g/mol. The second-order valence-electron chi connectivity index (χ2n) is 25.5. The molecule has 1 fully saturated rings. The summed E-state index contributed by atoms with van der Waals surface area (Å²) in [5.41, 5.74) is 6.43. The van der Waals surface area contributed by atoms with Gasteiger partial charge in [0.2, 0.25) is 35.4 Å². The average Bonchev–Trinajstić information content (AvgIpc) is 3.31. The fraction of sp³-hybridized carbons (Fsp3) is 0.523. The zero-order valence-corrected chi connectivity index (χ0v) is 50.4. The molecule has 8 N–H and O–H groups in total. The lowest BCUT2D eigenvalue weighted by Gasteiger charge is -2.42. The number of carbonyl (C=O) groups is 7. The van der Waals surface area contributed by atoms with E-state index < -0.39 is 59.2 Å². The summed E-state index contributed by atoms with van der Waals surface area (Å²) in [6, 6.07) is 23.2. The van der Waals surface area contributed by atoms with E-state index >= 15 is 4.79 Å². The fourth-order valence-corrected chi connectivity index (χ4v) is 12.1. The van der Waals surface area contributed by atoms with Gasteiger partial charge in [-0.05, 0) is 147 Å². The second-order valence-corrected chi connectivity index (χ2v) is 25.5. The Morgan fingerprint density at radius 3 is 1.78 bits per heavy atom. The minimum Gasteiger partial charge on any atom is -0.377 e. The summed E-state index contributed by atoms with van der Waals surface area (Å²) in [6.07, 6.45) is 4.54. The van der Waals surface area contributed by atoms with Crippen LogP contribution < -0.4 is 42.1 Å². The molecule has 7 amide bonds. The van der Waals surface area contributed by atoms with Crippen molar-refractivity contribution < 1.29 is 38.7 Å². The number of carbonyl (C=O) groups excluding carboxylic acids is 7. The molecule has 1 saturated heterocycles. The van der Waals surface area contributed by atoms with Crippen LogP contribution in [0.4, 0.5) is 5.69 Å². The molecule has 18 nitrogen and oxygen atoms in total. The van der Waals surface area contributed by atoms with E-state index in [0.717, 1.165) is 66.3 Å². The van der Waals surface area contributed by atoms with Crippen molar-refractivity contribution in [2.45, 2.75) is 187 Å². The predicted molar refractivity (Wildman–Crippen MR) is 321 cm³/mol. The van der Waals surface area contributed by atoms with Crippen LogP contribution in [0.1, 0.15) is 156 Å². The van der Waals surface area contributed by atoms with E-state index in [1.54, 1.807) is 66.9 Å². The number of amides is 7. The molecule has 0 saturated carbocycles. The first-order valence-corrected chi connectivity index (χ1v) is 29.6. The van der Waals surface area contributed by atoms with Crippen LogP contribution in [0.2, 0.25) is 0 Å². The number of aliphatic hydroxyl groups excluding tert-OH is 1. The Morgan fingerprint density at radius 1 is 0.663 bits per heavy atom. The van der Waals surface area contributed by atoms with Crippen LogP contribution in [0.25, 0.3) is 0 Å². The molecule has 4 aliphatic rings. The van der Waals surface area contributed by atoms with Crippen molar-refractivity contribution >= 4 is 47.0 Å². The molecule has 2 aliphatic heterocycles. The van der Waals surface area contributed by atoms with E-state index in [-0.39, 0.29) is 86.0 Å². The summed E-state index contributed by atoms with van der Waals surface area (Å²) in [4.78, 5) is 105. The number of aliphatic hydroxyl groups is 1. The van der Waals surface area contributed by atoms with Crippen LogP contribution in [0.5, 0.6) is 0 Å². The zero-order chi connectivity index (χ0) is 60.1. The third kappa shape index (κ3) is 14.5. The van der Waals surface area contributed by atoms with E-state index in [9.17, 15) is 33.9 Å². The summed E-state index contributed by atoms with van der Waals surface area (Å²) in [5.74, 6) is -2.29. The normalized spacial score (nSPS) is 21.4. The first-order valence-electron chi connectivity index (χ1n) is 29.6. The maximum atomic E-state index is 15.0. The first kappa shape index (κ1) is 62.1. The number of aryl methyl sites for hydroxylation is 2. The van der Waals surface area contributed by atoms with Crippen molar-refractivity contribution in [3.05, 3.63) is 136 Å². The highest BCUT2D eigenvalue weighted by Gasteiger charge is 2.47. The highest BCUT2D eigenvalue weighted by molar-refractivity contribution is 5.97. The quantitative estimate of drug-likeness (QED) is 0.0568. The number of hydrogen-bond acceptors (Lipinski definition) is 11. The lowest BCUT2D eigenvalue weighted by atomic mass is 9.83. The van der Waals surface area contributed by atoms with Crippen LogP contribution in [-0.4, -0.2) is 125 Å². The Bertz CT molecular complexity index is 3030. The Kier molecular flexibility index (Phi) is 19.7. The van der Waals surface area contributed by atoms with Crippen molar-refractivity contribution in [1.82, 2.24) is 47.0 Å². The van der Waals surface area contributed by atoms with Gasteiger partial charge in [0.15, 0.2) is 0 Å². The number of likely N-dealkylation sites (N-methyl/N-ethyl adjacent to an activating group) is 2. The Balaban J connectivity index is 0.998.